The van der Waals surface area contributed by atoms with Crippen molar-refractivity contribution in [1.29, 1.82) is 0 Å². The first-order chi connectivity index (χ1) is 16.9. The summed E-state index contributed by atoms with van der Waals surface area (Å²) < 4.78 is 11.6. The average molecular weight is 478 g/mol. The largest absolute Gasteiger partial charge is 0.491 e. The molecule has 3 N–H and O–H groups in total. The molecule has 3 rings (SSSR count). The van der Waals surface area contributed by atoms with Crippen LogP contribution in [0.1, 0.15) is 22.5 Å². The third-order valence-electron chi connectivity index (χ3n) is 4.95. The molecule has 1 aromatic heterocycles. The number of anilines is 1. The maximum atomic E-state index is 12.4. The number of urea groups is 1. The van der Waals surface area contributed by atoms with E-state index in [-0.39, 0.29) is 17.6 Å². The molecule has 0 saturated heterocycles. The lowest BCUT2D eigenvalue weighted by atomic mass is 10.2. The van der Waals surface area contributed by atoms with Gasteiger partial charge in [0.15, 0.2) is 0 Å². The van der Waals surface area contributed by atoms with E-state index in [0.717, 1.165) is 18.5 Å². The van der Waals surface area contributed by atoms with Crippen molar-refractivity contribution < 1.29 is 19.1 Å². The van der Waals surface area contributed by atoms with E-state index < -0.39 is 0 Å². The van der Waals surface area contributed by atoms with Gasteiger partial charge in [0.25, 0.3) is 5.91 Å². The molecule has 35 heavy (non-hydrogen) atoms. The number of carbonyl (C=O) groups excluding carboxylic acids is 2. The van der Waals surface area contributed by atoms with Crippen LogP contribution in [0.4, 0.5) is 10.5 Å². The van der Waals surface area contributed by atoms with E-state index in [0.29, 0.717) is 36.1 Å². The van der Waals surface area contributed by atoms with Gasteiger partial charge in [0, 0.05) is 32.4 Å². The van der Waals surface area contributed by atoms with Gasteiger partial charge in [0.2, 0.25) is 0 Å². The number of pyridine rings is 1. The van der Waals surface area contributed by atoms with Gasteiger partial charge in [0.05, 0.1) is 12.3 Å². The highest BCUT2D eigenvalue weighted by Gasteiger charge is 2.09. The van der Waals surface area contributed by atoms with Gasteiger partial charge in [0.1, 0.15) is 22.9 Å². The minimum atomic E-state index is -0.326. The molecule has 0 spiro atoms. The number of nitrogens with one attached hydrogen (secondary N) is 3. The first-order valence-electron chi connectivity index (χ1n) is 11.3. The number of benzene rings is 2. The number of amides is 3. The number of para-hydroxylation sites is 2. The lowest BCUT2D eigenvalue weighted by molar-refractivity contribution is 0.0958. The number of carbonyl (C=O) groups is 2. The SMILES string of the molecule is CNC(=O)c1cc(Oc2ccc(CNC(=O)Nc3ccccc3OCCCN(C)C)cc2)ccn1. The normalized spacial score (nSPS) is 10.5. The van der Waals surface area contributed by atoms with Crippen LogP contribution in [0.2, 0.25) is 0 Å². The second kappa shape index (κ2) is 13.0. The highest BCUT2D eigenvalue weighted by Crippen LogP contribution is 2.24. The Balaban J connectivity index is 1.49. The Hall–Kier alpha value is -4.11. The van der Waals surface area contributed by atoms with Crippen molar-refractivity contribution in [2.24, 2.45) is 0 Å². The molecule has 0 fully saturated rings. The monoisotopic (exact) mass is 477 g/mol. The molecule has 0 bridgehead atoms. The third kappa shape index (κ3) is 8.31. The van der Waals surface area contributed by atoms with Crippen molar-refractivity contribution in [3.05, 3.63) is 78.1 Å². The zero-order chi connectivity index (χ0) is 25.0. The van der Waals surface area contributed by atoms with Crippen LogP contribution >= 0.6 is 0 Å². The summed E-state index contributed by atoms with van der Waals surface area (Å²) in [6.07, 6.45) is 2.41. The molecule has 3 amide bonds. The van der Waals surface area contributed by atoms with Crippen molar-refractivity contribution >= 4 is 17.6 Å². The fraction of sp³-hybridized carbons (Fsp3) is 0.269. The van der Waals surface area contributed by atoms with E-state index >= 15 is 0 Å². The quantitative estimate of drug-likeness (QED) is 0.362. The van der Waals surface area contributed by atoms with Gasteiger partial charge >= 0.3 is 6.03 Å². The molecule has 0 aliphatic carbocycles. The molecule has 2 aromatic carbocycles. The van der Waals surface area contributed by atoms with Crippen molar-refractivity contribution in [3.8, 4) is 17.2 Å². The van der Waals surface area contributed by atoms with Crippen LogP contribution in [0.25, 0.3) is 0 Å². The highest BCUT2D eigenvalue weighted by molar-refractivity contribution is 5.92. The Labute approximate surface area is 205 Å². The van der Waals surface area contributed by atoms with E-state index in [1.54, 1.807) is 31.3 Å². The Morgan fingerprint density at radius 2 is 1.77 bits per heavy atom. The molecule has 184 valence electrons. The number of aromatic nitrogens is 1. The average Bonchev–Trinajstić information content (AvgIpc) is 2.86. The maximum Gasteiger partial charge on any atom is 0.319 e. The van der Waals surface area contributed by atoms with Crippen LogP contribution in [0.15, 0.2) is 66.9 Å². The summed E-state index contributed by atoms with van der Waals surface area (Å²) in [5.41, 5.74) is 1.80. The predicted molar refractivity (Wildman–Crippen MR) is 135 cm³/mol. The smallest absolute Gasteiger partial charge is 0.319 e. The summed E-state index contributed by atoms with van der Waals surface area (Å²) in [4.78, 5) is 30.3. The third-order valence-corrected chi connectivity index (χ3v) is 4.95. The molecular weight excluding hydrogens is 446 g/mol. The molecule has 3 aromatic rings. The molecule has 0 unspecified atom stereocenters. The second-order valence-corrected chi connectivity index (χ2v) is 8.01. The number of hydrogen-bond donors (Lipinski definition) is 3. The van der Waals surface area contributed by atoms with Gasteiger partial charge < -0.3 is 30.3 Å². The summed E-state index contributed by atoms with van der Waals surface area (Å²) >= 11 is 0. The Morgan fingerprint density at radius 1 is 1.00 bits per heavy atom. The van der Waals surface area contributed by atoms with E-state index in [1.165, 1.54) is 6.20 Å². The minimum Gasteiger partial charge on any atom is -0.491 e. The van der Waals surface area contributed by atoms with E-state index in [1.807, 2.05) is 50.5 Å². The summed E-state index contributed by atoms with van der Waals surface area (Å²) in [7, 11) is 5.59. The molecule has 0 saturated carbocycles. The van der Waals surface area contributed by atoms with Gasteiger partial charge in [-0.05, 0) is 56.4 Å². The molecule has 0 aliphatic rings. The Bertz CT molecular complexity index is 1120. The maximum absolute atomic E-state index is 12.4. The molecule has 1 heterocycles. The molecule has 9 heteroatoms. The van der Waals surface area contributed by atoms with Crippen molar-refractivity contribution in [2.45, 2.75) is 13.0 Å². The van der Waals surface area contributed by atoms with Gasteiger partial charge in [-0.25, -0.2) is 4.79 Å². The summed E-state index contributed by atoms with van der Waals surface area (Å²) in [5.74, 6) is 1.46. The fourth-order valence-corrected chi connectivity index (χ4v) is 3.15. The summed E-state index contributed by atoms with van der Waals surface area (Å²) in [6.45, 7) is 1.84. The zero-order valence-electron chi connectivity index (χ0n) is 20.2. The predicted octanol–water partition coefficient (Wildman–Crippen LogP) is 3.89. The van der Waals surface area contributed by atoms with E-state index in [9.17, 15) is 9.59 Å². The first-order valence-corrected chi connectivity index (χ1v) is 11.3. The van der Waals surface area contributed by atoms with Crippen LogP contribution < -0.4 is 25.4 Å². The second-order valence-electron chi connectivity index (χ2n) is 8.01. The molecular formula is C26H31N5O4. The molecule has 0 radical (unpaired) electrons. The number of rotatable bonds is 11. The Kier molecular flexibility index (Phi) is 9.44. The van der Waals surface area contributed by atoms with Gasteiger partial charge in [-0.2, -0.15) is 0 Å². The van der Waals surface area contributed by atoms with Crippen LogP contribution in [-0.2, 0) is 6.54 Å². The zero-order valence-corrected chi connectivity index (χ0v) is 20.2. The number of ether oxygens (including phenoxy) is 2. The van der Waals surface area contributed by atoms with Crippen molar-refractivity contribution in [1.82, 2.24) is 20.5 Å². The van der Waals surface area contributed by atoms with Gasteiger partial charge in [-0.1, -0.05) is 24.3 Å². The fourth-order valence-electron chi connectivity index (χ4n) is 3.15. The van der Waals surface area contributed by atoms with Crippen LogP contribution in [0, 0.1) is 0 Å². The molecule has 0 aliphatic heterocycles. The van der Waals surface area contributed by atoms with Gasteiger partial charge in [-0.15, -0.1) is 0 Å². The number of nitrogens with zero attached hydrogens (tertiary/aromatic N) is 2. The van der Waals surface area contributed by atoms with Gasteiger partial charge in [-0.3, -0.25) is 9.78 Å². The van der Waals surface area contributed by atoms with Crippen LogP contribution in [0.5, 0.6) is 17.2 Å². The number of hydrogen-bond acceptors (Lipinski definition) is 6. The summed E-state index contributed by atoms with van der Waals surface area (Å²) in [5, 5.41) is 8.22. The topological polar surface area (TPSA) is 105 Å². The molecule has 9 nitrogen and oxygen atoms in total. The van der Waals surface area contributed by atoms with Crippen molar-refractivity contribution in [3.63, 3.8) is 0 Å². The highest BCUT2D eigenvalue weighted by atomic mass is 16.5. The van der Waals surface area contributed by atoms with Crippen LogP contribution in [-0.4, -0.2) is 56.1 Å². The Morgan fingerprint density at radius 3 is 2.51 bits per heavy atom. The summed E-state index contributed by atoms with van der Waals surface area (Å²) in [6, 6.07) is 17.6. The van der Waals surface area contributed by atoms with E-state index in [2.05, 4.69) is 25.8 Å². The van der Waals surface area contributed by atoms with Crippen molar-refractivity contribution in [2.75, 3.05) is 39.6 Å². The lowest BCUT2D eigenvalue weighted by Crippen LogP contribution is -2.28. The standard InChI is InChI=1S/C26H31N5O4/c1-27-25(32)23-17-21(13-14-28-23)35-20-11-9-19(10-12-20)18-29-26(33)30-22-7-4-5-8-24(22)34-16-6-15-31(2)3/h4-5,7-14,17H,6,15-16,18H2,1-3H3,(H,27,32)(H2,29,30,33). The molecule has 0 atom stereocenters. The first kappa shape index (κ1) is 25.5. The van der Waals surface area contributed by atoms with Crippen LogP contribution in [0.3, 0.4) is 0 Å². The lowest BCUT2D eigenvalue weighted by Gasteiger charge is -2.14. The van der Waals surface area contributed by atoms with E-state index in [4.69, 9.17) is 9.47 Å². The minimum absolute atomic E-state index is 0.275.